The maximum absolute atomic E-state index is 5.69. The summed E-state index contributed by atoms with van der Waals surface area (Å²) in [5, 5.41) is 0. The van der Waals surface area contributed by atoms with Crippen LogP contribution in [-0.2, 0) is 10.2 Å². The maximum Gasteiger partial charge on any atom is 0.0936 e. The summed E-state index contributed by atoms with van der Waals surface area (Å²) in [5.41, 5.74) is 1.66. The number of ether oxygens (including phenoxy) is 1. The van der Waals surface area contributed by atoms with Gasteiger partial charge in [-0.05, 0) is 18.9 Å². The van der Waals surface area contributed by atoms with Crippen molar-refractivity contribution in [2.75, 3.05) is 26.3 Å². The normalized spacial score (nSPS) is 35.0. The zero-order chi connectivity index (χ0) is 17.9. The minimum atomic E-state index is 0.175. The lowest BCUT2D eigenvalue weighted by Gasteiger charge is -2.48. The molecule has 4 rings (SSSR count). The van der Waals surface area contributed by atoms with Gasteiger partial charge in [0.1, 0.15) is 0 Å². The molecule has 3 aliphatic rings. The summed E-state index contributed by atoms with van der Waals surface area (Å²) < 4.78 is 7.04. The highest BCUT2D eigenvalue weighted by Gasteiger charge is 2.46. The SMILES string of the molecule is CC1CCC[N+]1(CCC1(c2ccccc2)C=CC=CC1)C1CCOCC1. The molecule has 0 spiro atoms. The van der Waals surface area contributed by atoms with Crippen molar-refractivity contribution in [2.24, 2.45) is 0 Å². The largest absolute Gasteiger partial charge is 0.381 e. The molecule has 2 fully saturated rings. The van der Waals surface area contributed by atoms with E-state index in [4.69, 9.17) is 4.74 Å². The van der Waals surface area contributed by atoms with E-state index in [0.29, 0.717) is 0 Å². The van der Waals surface area contributed by atoms with Crippen LogP contribution < -0.4 is 0 Å². The van der Waals surface area contributed by atoms with E-state index in [1.807, 2.05) is 0 Å². The third-order valence-corrected chi connectivity index (χ3v) is 7.46. The molecule has 0 amide bonds. The summed E-state index contributed by atoms with van der Waals surface area (Å²) in [6, 6.07) is 12.8. The van der Waals surface area contributed by atoms with Crippen LogP contribution in [0.3, 0.4) is 0 Å². The van der Waals surface area contributed by atoms with Crippen LogP contribution in [0.4, 0.5) is 0 Å². The van der Waals surface area contributed by atoms with Crippen LogP contribution in [0.25, 0.3) is 0 Å². The van der Waals surface area contributed by atoms with Gasteiger partial charge in [-0.25, -0.2) is 0 Å². The Labute approximate surface area is 159 Å². The van der Waals surface area contributed by atoms with Crippen molar-refractivity contribution in [1.82, 2.24) is 0 Å². The van der Waals surface area contributed by atoms with Crippen molar-refractivity contribution in [3.63, 3.8) is 0 Å². The summed E-state index contributed by atoms with van der Waals surface area (Å²) in [7, 11) is 0. The minimum absolute atomic E-state index is 0.175. The molecule has 2 heterocycles. The lowest BCUT2D eigenvalue weighted by Crippen LogP contribution is -2.60. The molecule has 1 aromatic carbocycles. The van der Waals surface area contributed by atoms with E-state index in [9.17, 15) is 0 Å². The molecule has 2 aliphatic heterocycles. The van der Waals surface area contributed by atoms with Gasteiger partial charge >= 0.3 is 0 Å². The minimum Gasteiger partial charge on any atom is -0.381 e. The fourth-order valence-electron chi connectivity index (χ4n) is 5.80. The second-order valence-corrected chi connectivity index (χ2v) is 8.65. The first-order valence-electron chi connectivity index (χ1n) is 10.6. The van der Waals surface area contributed by atoms with Gasteiger partial charge in [-0.1, -0.05) is 54.6 Å². The number of allylic oxidation sites excluding steroid dienone is 4. The van der Waals surface area contributed by atoms with Crippen molar-refractivity contribution in [3.8, 4) is 0 Å². The average molecular weight is 353 g/mol. The molecule has 1 aromatic rings. The van der Waals surface area contributed by atoms with Gasteiger partial charge in [-0.3, -0.25) is 0 Å². The molecule has 140 valence electrons. The molecule has 3 unspecified atom stereocenters. The van der Waals surface area contributed by atoms with Crippen molar-refractivity contribution in [3.05, 3.63) is 60.2 Å². The van der Waals surface area contributed by atoms with E-state index < -0.39 is 0 Å². The van der Waals surface area contributed by atoms with Crippen LogP contribution in [0.15, 0.2) is 54.6 Å². The predicted octanol–water partition coefficient (Wildman–Crippen LogP) is 5.01. The van der Waals surface area contributed by atoms with E-state index in [1.54, 1.807) is 0 Å². The number of likely N-dealkylation sites (tertiary alicyclic amines) is 1. The molecular weight excluding hydrogens is 318 g/mol. The summed E-state index contributed by atoms with van der Waals surface area (Å²) in [5.74, 6) is 0. The van der Waals surface area contributed by atoms with Gasteiger partial charge in [0.25, 0.3) is 0 Å². The Hall–Kier alpha value is -1.38. The highest BCUT2D eigenvalue weighted by molar-refractivity contribution is 5.35. The van der Waals surface area contributed by atoms with Crippen molar-refractivity contribution < 1.29 is 9.22 Å². The second kappa shape index (κ2) is 7.70. The fraction of sp³-hybridized carbons (Fsp3) is 0.583. The van der Waals surface area contributed by atoms with Crippen molar-refractivity contribution in [1.29, 1.82) is 0 Å². The Morgan fingerprint density at radius 2 is 1.88 bits per heavy atom. The summed E-state index contributed by atoms with van der Waals surface area (Å²) in [4.78, 5) is 0. The summed E-state index contributed by atoms with van der Waals surface area (Å²) in [6.45, 7) is 7.11. The van der Waals surface area contributed by atoms with Gasteiger partial charge in [0, 0.05) is 37.5 Å². The highest BCUT2D eigenvalue weighted by Crippen LogP contribution is 2.41. The molecule has 2 nitrogen and oxygen atoms in total. The number of hydrogen-bond acceptors (Lipinski definition) is 1. The van der Waals surface area contributed by atoms with Gasteiger partial charge in [0.2, 0.25) is 0 Å². The fourth-order valence-corrected chi connectivity index (χ4v) is 5.80. The van der Waals surface area contributed by atoms with Gasteiger partial charge in [-0.15, -0.1) is 0 Å². The lowest BCUT2D eigenvalue weighted by molar-refractivity contribution is -0.962. The number of nitrogens with zero attached hydrogens (tertiary/aromatic N) is 1. The zero-order valence-corrected chi connectivity index (χ0v) is 16.3. The standard InChI is InChI=1S/C24H34NO/c1-21-9-8-17-25(21,23-12-19-26-20-13-23)18-16-24(14-6-3-7-15-24)22-10-4-2-5-11-22/h2-7,10-11,14,21,23H,8-9,12-13,15-20H2,1H3/q+1. The quantitative estimate of drug-likeness (QED) is 0.677. The lowest BCUT2D eigenvalue weighted by atomic mass is 9.72. The highest BCUT2D eigenvalue weighted by atomic mass is 16.5. The van der Waals surface area contributed by atoms with Crippen LogP contribution in [0, 0.1) is 0 Å². The van der Waals surface area contributed by atoms with Crippen LogP contribution in [-0.4, -0.2) is 42.9 Å². The van der Waals surface area contributed by atoms with Crippen LogP contribution in [0.2, 0.25) is 0 Å². The van der Waals surface area contributed by atoms with Crippen LogP contribution in [0.5, 0.6) is 0 Å². The Kier molecular flexibility index (Phi) is 5.33. The van der Waals surface area contributed by atoms with Gasteiger partial charge in [0.15, 0.2) is 0 Å². The van der Waals surface area contributed by atoms with E-state index in [0.717, 1.165) is 31.7 Å². The molecule has 3 atom stereocenters. The Balaban J connectivity index is 1.59. The smallest absolute Gasteiger partial charge is 0.0936 e. The third kappa shape index (κ3) is 3.30. The molecule has 26 heavy (non-hydrogen) atoms. The molecule has 0 N–H and O–H groups in total. The van der Waals surface area contributed by atoms with E-state index in [-0.39, 0.29) is 5.41 Å². The topological polar surface area (TPSA) is 9.23 Å². The Bertz CT molecular complexity index is 645. The molecule has 0 bridgehead atoms. The number of hydrogen-bond donors (Lipinski definition) is 0. The number of benzene rings is 1. The molecule has 2 heteroatoms. The molecule has 0 radical (unpaired) electrons. The average Bonchev–Trinajstić information content (AvgIpc) is 3.10. The molecule has 0 saturated carbocycles. The zero-order valence-electron chi connectivity index (χ0n) is 16.3. The van der Waals surface area contributed by atoms with Crippen LogP contribution >= 0.6 is 0 Å². The summed E-state index contributed by atoms with van der Waals surface area (Å²) in [6.07, 6.45) is 17.0. The first-order valence-corrected chi connectivity index (χ1v) is 10.6. The van der Waals surface area contributed by atoms with Gasteiger partial charge < -0.3 is 9.22 Å². The molecule has 2 saturated heterocycles. The first kappa shape index (κ1) is 18.0. The number of rotatable bonds is 5. The third-order valence-electron chi connectivity index (χ3n) is 7.46. The summed E-state index contributed by atoms with van der Waals surface area (Å²) >= 11 is 0. The molecule has 0 aromatic heterocycles. The molecular formula is C24H34NO+. The predicted molar refractivity (Wildman–Crippen MR) is 108 cm³/mol. The van der Waals surface area contributed by atoms with E-state index >= 15 is 0 Å². The monoisotopic (exact) mass is 352 g/mol. The van der Waals surface area contributed by atoms with E-state index in [1.165, 1.54) is 55.2 Å². The van der Waals surface area contributed by atoms with Crippen molar-refractivity contribution >= 4 is 0 Å². The Morgan fingerprint density at radius 1 is 1.08 bits per heavy atom. The van der Waals surface area contributed by atoms with Gasteiger partial charge in [-0.2, -0.15) is 0 Å². The van der Waals surface area contributed by atoms with Crippen molar-refractivity contribution in [2.45, 2.75) is 62.9 Å². The van der Waals surface area contributed by atoms with Crippen LogP contribution in [0.1, 0.15) is 51.0 Å². The van der Waals surface area contributed by atoms with Gasteiger partial charge in [0.05, 0.1) is 38.4 Å². The first-order chi connectivity index (χ1) is 12.8. The Morgan fingerprint density at radius 3 is 2.54 bits per heavy atom. The number of quaternary nitrogens is 1. The maximum atomic E-state index is 5.69. The second-order valence-electron chi connectivity index (χ2n) is 8.65. The molecule has 1 aliphatic carbocycles. The van der Waals surface area contributed by atoms with E-state index in [2.05, 4.69) is 61.6 Å².